The molecule has 4 nitrogen and oxygen atoms in total. The van der Waals surface area contributed by atoms with Gasteiger partial charge in [0.05, 0.1) is 29.2 Å². The van der Waals surface area contributed by atoms with Gasteiger partial charge in [-0.3, -0.25) is 0 Å². The predicted octanol–water partition coefficient (Wildman–Crippen LogP) is 2.72. The molecule has 0 aliphatic rings. The van der Waals surface area contributed by atoms with E-state index in [1.165, 1.54) is 0 Å². The van der Waals surface area contributed by atoms with Gasteiger partial charge in [0.2, 0.25) is 0 Å². The third-order valence-electron chi connectivity index (χ3n) is 2.98. The van der Waals surface area contributed by atoms with Crippen LogP contribution in [0.25, 0.3) is 11.0 Å². The van der Waals surface area contributed by atoms with Gasteiger partial charge < -0.3 is 9.47 Å². The second-order valence-corrected chi connectivity index (χ2v) is 6.09. The number of nitrogens with zero attached hydrogens (tertiary/aromatic N) is 4. The molecule has 4 heteroatoms. The Bertz CT molecular complexity index is 638. The smallest absolute Gasteiger partial charge is 0.124 e. The van der Waals surface area contributed by atoms with Crippen LogP contribution >= 0.6 is 0 Å². The molecule has 0 spiro atoms. The lowest BCUT2D eigenvalue weighted by Gasteiger charge is -2.25. The SMILES string of the molecule is CN(C)Cc1nc2cc(C#N)ccc2n1C(C)(C)C. The van der Waals surface area contributed by atoms with E-state index in [9.17, 15) is 0 Å². The van der Waals surface area contributed by atoms with Gasteiger partial charge in [0, 0.05) is 5.54 Å². The first-order valence-corrected chi connectivity index (χ1v) is 6.39. The molecule has 2 rings (SSSR count). The highest BCUT2D eigenvalue weighted by molar-refractivity contribution is 5.78. The third-order valence-corrected chi connectivity index (χ3v) is 2.98. The van der Waals surface area contributed by atoms with Crippen LogP contribution in [0.1, 0.15) is 32.2 Å². The number of hydrogen-bond donors (Lipinski definition) is 0. The van der Waals surface area contributed by atoms with Gasteiger partial charge in [-0.1, -0.05) is 0 Å². The van der Waals surface area contributed by atoms with Gasteiger partial charge >= 0.3 is 0 Å². The van der Waals surface area contributed by atoms with E-state index in [2.05, 4.69) is 36.3 Å². The maximum absolute atomic E-state index is 8.99. The number of nitriles is 1. The Morgan fingerprint density at radius 1 is 1.32 bits per heavy atom. The highest BCUT2D eigenvalue weighted by Crippen LogP contribution is 2.26. The molecule has 0 fully saturated rings. The molecule has 0 radical (unpaired) electrons. The molecule has 0 unspecified atom stereocenters. The number of rotatable bonds is 2. The predicted molar refractivity (Wildman–Crippen MR) is 76.8 cm³/mol. The van der Waals surface area contributed by atoms with Crippen LogP contribution in [0.4, 0.5) is 0 Å². The quantitative estimate of drug-likeness (QED) is 0.830. The van der Waals surface area contributed by atoms with E-state index in [1.807, 2.05) is 32.3 Å². The van der Waals surface area contributed by atoms with E-state index in [-0.39, 0.29) is 5.54 Å². The first-order chi connectivity index (χ1) is 8.82. The summed E-state index contributed by atoms with van der Waals surface area (Å²) in [6.07, 6.45) is 0. The molecule has 1 aromatic heterocycles. The Kier molecular flexibility index (Phi) is 3.34. The van der Waals surface area contributed by atoms with Crippen LogP contribution in [0, 0.1) is 11.3 Å². The monoisotopic (exact) mass is 256 g/mol. The molecule has 0 N–H and O–H groups in total. The highest BCUT2D eigenvalue weighted by atomic mass is 15.2. The van der Waals surface area contributed by atoms with Crippen molar-refractivity contribution >= 4 is 11.0 Å². The number of aromatic nitrogens is 2. The van der Waals surface area contributed by atoms with Gasteiger partial charge in [-0.15, -0.1) is 0 Å². The number of benzene rings is 1. The summed E-state index contributed by atoms with van der Waals surface area (Å²) in [6.45, 7) is 7.30. The minimum atomic E-state index is -0.0335. The van der Waals surface area contributed by atoms with Crippen LogP contribution in [-0.4, -0.2) is 28.5 Å². The van der Waals surface area contributed by atoms with Crippen LogP contribution in [0.2, 0.25) is 0 Å². The Balaban J connectivity index is 2.70. The summed E-state index contributed by atoms with van der Waals surface area (Å²) < 4.78 is 2.25. The van der Waals surface area contributed by atoms with E-state index >= 15 is 0 Å². The van der Waals surface area contributed by atoms with Crippen LogP contribution in [0.5, 0.6) is 0 Å². The molecular weight excluding hydrogens is 236 g/mol. The second kappa shape index (κ2) is 4.67. The van der Waals surface area contributed by atoms with Crippen molar-refractivity contribution in [1.82, 2.24) is 14.5 Å². The lowest BCUT2D eigenvalue weighted by Crippen LogP contribution is -2.26. The maximum atomic E-state index is 8.99. The fraction of sp³-hybridized carbons (Fsp3) is 0.467. The largest absolute Gasteiger partial charge is 0.322 e. The molecule has 0 aliphatic heterocycles. The Labute approximate surface area is 114 Å². The first kappa shape index (κ1) is 13.6. The summed E-state index contributed by atoms with van der Waals surface area (Å²) in [5.74, 6) is 1.03. The minimum Gasteiger partial charge on any atom is -0.322 e. The van der Waals surface area contributed by atoms with Crippen molar-refractivity contribution in [3.05, 3.63) is 29.6 Å². The average Bonchev–Trinajstić information content (AvgIpc) is 2.63. The summed E-state index contributed by atoms with van der Waals surface area (Å²) >= 11 is 0. The lowest BCUT2D eigenvalue weighted by atomic mass is 10.1. The zero-order chi connectivity index (χ0) is 14.2. The van der Waals surface area contributed by atoms with Crippen molar-refractivity contribution in [2.45, 2.75) is 32.9 Å². The minimum absolute atomic E-state index is 0.0335. The van der Waals surface area contributed by atoms with E-state index in [1.54, 1.807) is 0 Å². The molecule has 100 valence electrons. The molecule has 0 amide bonds. The molecule has 0 bridgehead atoms. The summed E-state index contributed by atoms with van der Waals surface area (Å²) in [6, 6.07) is 7.87. The van der Waals surface area contributed by atoms with Crippen LogP contribution in [0.3, 0.4) is 0 Å². The summed E-state index contributed by atoms with van der Waals surface area (Å²) in [5, 5.41) is 8.99. The molecule has 2 aromatic rings. The van der Waals surface area contributed by atoms with E-state index in [0.717, 1.165) is 23.4 Å². The maximum Gasteiger partial charge on any atom is 0.124 e. The average molecular weight is 256 g/mol. The molecule has 0 aliphatic carbocycles. The van der Waals surface area contributed by atoms with Crippen molar-refractivity contribution in [2.75, 3.05) is 14.1 Å². The fourth-order valence-electron chi connectivity index (χ4n) is 2.34. The van der Waals surface area contributed by atoms with Crippen molar-refractivity contribution < 1.29 is 0 Å². The van der Waals surface area contributed by atoms with Gasteiger partial charge in [-0.2, -0.15) is 5.26 Å². The number of fused-ring (bicyclic) bond motifs is 1. The van der Waals surface area contributed by atoms with Gasteiger partial charge in [0.15, 0.2) is 0 Å². The van der Waals surface area contributed by atoms with Gasteiger partial charge in [0.25, 0.3) is 0 Å². The molecule has 1 aromatic carbocycles. The summed E-state index contributed by atoms with van der Waals surface area (Å²) in [4.78, 5) is 6.80. The summed E-state index contributed by atoms with van der Waals surface area (Å²) in [5.41, 5.74) is 2.60. The van der Waals surface area contributed by atoms with Crippen molar-refractivity contribution in [3.63, 3.8) is 0 Å². The second-order valence-electron chi connectivity index (χ2n) is 6.09. The van der Waals surface area contributed by atoms with E-state index in [4.69, 9.17) is 10.2 Å². The van der Waals surface area contributed by atoms with Crippen molar-refractivity contribution in [3.8, 4) is 6.07 Å². The van der Waals surface area contributed by atoms with Crippen LogP contribution < -0.4 is 0 Å². The number of hydrogen-bond acceptors (Lipinski definition) is 3. The lowest BCUT2D eigenvalue weighted by molar-refractivity contribution is 0.340. The molecule has 0 saturated heterocycles. The molecule has 0 atom stereocenters. The van der Waals surface area contributed by atoms with Crippen LogP contribution in [-0.2, 0) is 12.1 Å². The molecular formula is C15H20N4. The van der Waals surface area contributed by atoms with E-state index < -0.39 is 0 Å². The fourth-order valence-corrected chi connectivity index (χ4v) is 2.34. The van der Waals surface area contributed by atoms with Gasteiger partial charge in [-0.25, -0.2) is 4.98 Å². The molecule has 1 heterocycles. The number of imidazole rings is 1. The normalized spacial score (nSPS) is 12.1. The summed E-state index contributed by atoms with van der Waals surface area (Å²) in [7, 11) is 4.07. The van der Waals surface area contributed by atoms with Gasteiger partial charge in [-0.05, 0) is 53.1 Å². The van der Waals surface area contributed by atoms with Crippen molar-refractivity contribution in [1.29, 1.82) is 5.26 Å². The standard InChI is InChI=1S/C15H20N4/c1-15(2,3)19-13-7-6-11(9-16)8-12(13)17-14(19)10-18(4)5/h6-8H,10H2,1-5H3. The molecule has 0 saturated carbocycles. The van der Waals surface area contributed by atoms with Gasteiger partial charge in [0.1, 0.15) is 5.82 Å². The first-order valence-electron chi connectivity index (χ1n) is 6.39. The van der Waals surface area contributed by atoms with E-state index in [0.29, 0.717) is 5.56 Å². The Morgan fingerprint density at radius 3 is 2.53 bits per heavy atom. The zero-order valence-corrected chi connectivity index (χ0v) is 12.2. The highest BCUT2D eigenvalue weighted by Gasteiger charge is 2.21. The van der Waals surface area contributed by atoms with Crippen LogP contribution in [0.15, 0.2) is 18.2 Å². The topological polar surface area (TPSA) is 44.9 Å². The van der Waals surface area contributed by atoms with Crippen molar-refractivity contribution in [2.24, 2.45) is 0 Å². The Hall–Kier alpha value is -1.86. The zero-order valence-electron chi connectivity index (χ0n) is 12.2. The third kappa shape index (κ3) is 2.61. The molecule has 19 heavy (non-hydrogen) atoms. The Morgan fingerprint density at radius 2 is 2.00 bits per heavy atom.